The molecule has 44 heteroatoms. The third-order valence-corrected chi connectivity index (χ3v) is 17.2. The molecule has 8 aromatic rings. The van der Waals surface area contributed by atoms with Gasteiger partial charge in [-0.2, -0.15) is 10.5 Å². The van der Waals surface area contributed by atoms with Crippen molar-refractivity contribution in [2.24, 2.45) is 11.8 Å². The number of piperidine rings is 2. The Morgan fingerprint density at radius 3 is 1.16 bits per heavy atom. The van der Waals surface area contributed by atoms with Gasteiger partial charge in [-0.05, 0) is 142 Å². The lowest BCUT2D eigenvalue weighted by Gasteiger charge is -2.34. The molecule has 10 rings (SSSR count). The van der Waals surface area contributed by atoms with E-state index in [1.54, 1.807) is 53.7 Å². The maximum atomic E-state index is 13.3. The first-order chi connectivity index (χ1) is 58.2. The summed E-state index contributed by atoms with van der Waals surface area (Å²) in [5, 5.41) is 111. The number of carboxylic acids is 1. The van der Waals surface area contributed by atoms with Crippen LogP contribution >= 0.6 is 69.6 Å². The Bertz CT molecular complexity index is 4910. The Labute approximate surface area is 741 Å². The summed E-state index contributed by atoms with van der Waals surface area (Å²) >= 11 is 33.2. The van der Waals surface area contributed by atoms with Crippen LogP contribution in [0, 0.1) is 46.1 Å². The molecule has 0 spiro atoms. The number of carbonyl (C=O) groups excluding carboxylic acids is 5. The Morgan fingerprint density at radius 2 is 0.831 bits per heavy atom. The normalized spacial score (nSPS) is 14.6. The van der Waals surface area contributed by atoms with Gasteiger partial charge in [-0.25, -0.2) is 52.9 Å². The van der Waals surface area contributed by atoms with Crippen LogP contribution in [0.25, 0.3) is 6.08 Å². The van der Waals surface area contributed by atoms with Gasteiger partial charge >= 0.3 is 23.9 Å². The van der Waals surface area contributed by atoms with Crippen LogP contribution in [0.1, 0.15) is 152 Å². The topological polar surface area (TPSA) is 545 Å². The number of aliphatic carboxylic acids is 1. The van der Waals surface area contributed by atoms with Crippen molar-refractivity contribution in [2.75, 3.05) is 49.1 Å². The van der Waals surface area contributed by atoms with E-state index in [0.29, 0.717) is 77.8 Å². The third-order valence-electron chi connectivity index (χ3n) is 16.1. The lowest BCUT2D eigenvalue weighted by atomic mass is 9.95. The molecule has 0 saturated carbocycles. The molecule has 6 aromatic heterocycles. The molecule has 2 aromatic carbocycles. The molecule has 0 bridgehead atoms. The van der Waals surface area contributed by atoms with Crippen molar-refractivity contribution >= 4 is 123 Å². The number of ether oxygens (including phenoxy) is 3. The van der Waals surface area contributed by atoms with Crippen LogP contribution < -0.4 is 20.4 Å². The molecule has 2 fully saturated rings. The van der Waals surface area contributed by atoms with Crippen LogP contribution in [0.2, 0.25) is 30.9 Å². The minimum atomic E-state index is -1.94. The summed E-state index contributed by atoms with van der Waals surface area (Å²) < 4.78 is 41.5. The number of rotatable bonds is 21. The van der Waals surface area contributed by atoms with Crippen LogP contribution in [-0.4, -0.2) is 222 Å². The number of aliphatic hydroxyl groups is 8. The molecule has 2 aliphatic heterocycles. The monoisotopic (exact) mass is 1840 g/mol. The smallest absolute Gasteiger partial charge is 0.338 e. The van der Waals surface area contributed by atoms with Gasteiger partial charge in [0, 0.05) is 63.8 Å². The predicted octanol–water partition coefficient (Wildman–Crippen LogP) is 8.74. The van der Waals surface area contributed by atoms with E-state index in [4.69, 9.17) is 94.0 Å². The average Bonchev–Trinajstić information content (AvgIpc) is 0.822. The molecule has 2 aliphatic rings. The van der Waals surface area contributed by atoms with Crippen molar-refractivity contribution in [3.63, 3.8) is 0 Å². The van der Waals surface area contributed by atoms with E-state index in [0.717, 1.165) is 38.0 Å². The van der Waals surface area contributed by atoms with Crippen molar-refractivity contribution in [3.8, 4) is 12.1 Å². The van der Waals surface area contributed by atoms with Crippen LogP contribution in [0.4, 0.5) is 20.2 Å². The number of aliphatic hydroxyl groups excluding tert-OH is 8. The van der Waals surface area contributed by atoms with Gasteiger partial charge < -0.3 is 80.6 Å². The third kappa shape index (κ3) is 39.3. The van der Waals surface area contributed by atoms with Crippen LogP contribution in [0.3, 0.4) is 0 Å². The van der Waals surface area contributed by atoms with E-state index < -0.39 is 107 Å². The molecule has 666 valence electrons. The molecule has 8 heterocycles. The van der Waals surface area contributed by atoms with E-state index in [2.05, 4.69) is 77.0 Å². The summed E-state index contributed by atoms with van der Waals surface area (Å²) in [5.74, 6) is -5.17. The molecule has 36 nitrogen and oxygen atoms in total. The van der Waals surface area contributed by atoms with E-state index in [1.807, 2.05) is 42.7 Å². The maximum Gasteiger partial charge on any atom is 0.338 e. The number of halogens is 8. The average molecular weight is 1840 g/mol. The fourth-order valence-electron chi connectivity index (χ4n) is 10.3. The standard InChI is InChI=1S/C20H21ClFN5O3.C20H22FN5O3.C11H15ClN2O4.C11H13ClN2O2.C7H7ClN2O4.C7H12O2.C4H2Cl2N2/c21-17-11-24-10-15(26-17)18(28)19(29)20(30)25-9-12-3-5-27(6-4-12)16-2-1-14(22)7-13(16)8-23;21-15-1-2-17(14(9-15)10-22)26-7-3-13(4-8-26)11-25-20(29)19(28)18(27)16-12-23-5-6-24-16;1-11(2,3)18-10(17)9(16)8(15)6-4-13-5-7(12)14-6;1-11(2,3)16-10(15)5-4-8-6-13-7-9(12)14-8;8-4-2-9-1-3(10-4)5(11)6(12)7(13)14;1-5-6(8)9-7(2,3)4;5-3-1-7-2-4(6)8-3/h1-2,7,10-12,18-19,28-29H,3-6,9H2,(H,25,30);1-2,5-6,9,12-13,18-19,27-28H,3-4,7-8,11H2,(H,25,29);4-5,8-9,15-16H,1-3H3;4-7H,1-3H3;1-2,5-6,11-12H,(H,13,14);5H,1H2,2-4H3;1-2H/b;;;5-4+;;;/t2*18-,19+;8-,9+;;5-,6+;;/m000.0../s1. The van der Waals surface area contributed by atoms with Gasteiger partial charge in [-0.15, -0.1) is 0 Å². The number of hydrogen-bond donors (Lipinski definition) is 11. The second-order valence-electron chi connectivity index (χ2n) is 29.3. The number of nitrogens with zero attached hydrogens (tertiary/aromatic N) is 16. The minimum absolute atomic E-state index is 0.000796. The number of benzene rings is 2. The molecular formula is C80H92Cl6F2N18O18. The lowest BCUT2D eigenvalue weighted by molar-refractivity contribution is -0.171. The second kappa shape index (κ2) is 52.0. The van der Waals surface area contributed by atoms with Crippen molar-refractivity contribution in [1.82, 2.24) is 70.4 Å². The van der Waals surface area contributed by atoms with E-state index in [9.17, 15) is 83.8 Å². The zero-order valence-corrected chi connectivity index (χ0v) is 72.7. The highest BCUT2D eigenvalue weighted by atomic mass is 35.5. The lowest BCUT2D eigenvalue weighted by Crippen LogP contribution is -2.43. The molecule has 0 unspecified atom stereocenters. The second-order valence-corrected chi connectivity index (χ2v) is 31.6. The highest BCUT2D eigenvalue weighted by molar-refractivity contribution is 6.32. The Kier molecular flexibility index (Phi) is 44.2. The molecule has 2 amide bonds. The Hall–Kier alpha value is -10.9. The number of anilines is 2. The summed E-state index contributed by atoms with van der Waals surface area (Å²) in [6.45, 7) is 22.5. The van der Waals surface area contributed by atoms with E-state index in [1.165, 1.54) is 111 Å². The number of aromatic nitrogens is 12. The minimum Gasteiger partial charge on any atom is -0.479 e. The van der Waals surface area contributed by atoms with Gasteiger partial charge in [0.2, 0.25) is 0 Å². The Morgan fingerprint density at radius 1 is 0.484 bits per heavy atom. The Balaban J connectivity index is 0.000000318. The van der Waals surface area contributed by atoms with Crippen molar-refractivity contribution in [2.45, 2.75) is 154 Å². The van der Waals surface area contributed by atoms with Gasteiger partial charge in [0.25, 0.3) is 11.8 Å². The van der Waals surface area contributed by atoms with Crippen molar-refractivity contribution < 1.29 is 97.7 Å². The number of nitriles is 2. The highest BCUT2D eigenvalue weighted by Crippen LogP contribution is 2.30. The van der Waals surface area contributed by atoms with Crippen molar-refractivity contribution in [1.29, 1.82) is 10.5 Å². The van der Waals surface area contributed by atoms with Crippen molar-refractivity contribution in [3.05, 3.63) is 218 Å². The zero-order chi connectivity index (χ0) is 92.8. The summed E-state index contributed by atoms with van der Waals surface area (Å²) in [6.07, 6.45) is 11.0. The first kappa shape index (κ1) is 105. The molecule has 11 N–H and O–H groups in total. The zero-order valence-electron chi connectivity index (χ0n) is 68.1. The molecule has 2 saturated heterocycles. The van der Waals surface area contributed by atoms with Crippen LogP contribution in [0.5, 0.6) is 0 Å². The molecular weight excluding hydrogens is 1750 g/mol. The largest absolute Gasteiger partial charge is 0.479 e. The van der Waals surface area contributed by atoms with Gasteiger partial charge in [0.1, 0.15) is 95.9 Å². The first-order valence-corrected chi connectivity index (χ1v) is 39.4. The summed E-state index contributed by atoms with van der Waals surface area (Å²) in [6, 6.07) is 12.4. The fraction of sp³-hybridized carbons (Fsp3) is 0.400. The fourth-order valence-corrected chi connectivity index (χ4v) is 11.3. The molecule has 8 atom stereocenters. The van der Waals surface area contributed by atoms with Gasteiger partial charge in [-0.3, -0.25) is 44.5 Å². The van der Waals surface area contributed by atoms with Gasteiger partial charge in [0.05, 0.1) is 119 Å². The summed E-state index contributed by atoms with van der Waals surface area (Å²) in [5.41, 5.74) is 0.904. The van der Waals surface area contributed by atoms with Gasteiger partial charge in [0.15, 0.2) is 24.4 Å². The van der Waals surface area contributed by atoms with Crippen LogP contribution in [-0.2, 0) is 43.0 Å². The number of esters is 3. The number of carbonyl (C=O) groups is 6. The number of hydrogen-bond acceptors (Lipinski definition) is 33. The summed E-state index contributed by atoms with van der Waals surface area (Å²) in [7, 11) is 0. The number of carboxylic acid groups (broad SMARTS) is 1. The maximum absolute atomic E-state index is 13.3. The van der Waals surface area contributed by atoms with Gasteiger partial charge in [-0.1, -0.05) is 76.2 Å². The van der Waals surface area contributed by atoms with E-state index >= 15 is 0 Å². The molecule has 124 heavy (non-hydrogen) atoms. The van der Waals surface area contributed by atoms with Crippen LogP contribution in [0.15, 0.2) is 136 Å². The predicted molar refractivity (Wildman–Crippen MR) is 449 cm³/mol. The number of amides is 2. The highest BCUT2D eigenvalue weighted by Gasteiger charge is 2.34. The number of nitrogens with one attached hydrogen (secondary N) is 2. The summed E-state index contributed by atoms with van der Waals surface area (Å²) in [4.78, 5) is 117. The van der Waals surface area contributed by atoms with E-state index in [-0.39, 0.29) is 61.2 Å². The first-order valence-electron chi connectivity index (χ1n) is 37.1. The molecule has 0 radical (unpaired) electrons. The quantitative estimate of drug-likeness (QED) is 0.0182. The SMILES string of the molecule is C=CC(=O)OC(C)(C)C.CC(C)(C)OC(=O)/C=C/c1cncc(Cl)n1.CC(C)(C)OC(=O)[C@H](O)[C@@H](O)c1cncc(Cl)n1.Clc1cncc(Cl)n1.N#Cc1cc(F)ccc1N1CCC(CNC(=O)[C@H](O)[C@@H](O)c2cncc(Cl)n2)CC1.N#Cc1cc(F)ccc1N1CCC(CNC(=O)[C@H](O)[C@@H](O)c2cnccn2)CC1.O=C(O)[C@H](O)[C@@H](O)c1cncc(Cl)n1. The molecule has 0 aliphatic carbocycles.